The van der Waals surface area contributed by atoms with Crippen LogP contribution in [0, 0.1) is 5.41 Å². The molecule has 0 spiro atoms. The van der Waals surface area contributed by atoms with Gasteiger partial charge in [-0.25, -0.2) is 8.42 Å². The molecule has 0 radical (unpaired) electrons. The van der Waals surface area contributed by atoms with Crippen molar-refractivity contribution in [2.75, 3.05) is 19.7 Å². The Hall–Kier alpha value is -0.820. The van der Waals surface area contributed by atoms with Crippen LogP contribution in [0.15, 0.2) is 29.2 Å². The minimum atomic E-state index is -3.48. The SMILES string of the molecule is CCCCCOc1ccc(S(=O)(=O)N2CCC(N)C(C)(C)C2)cc1.Cl. The van der Waals surface area contributed by atoms with Gasteiger partial charge in [0.2, 0.25) is 10.0 Å². The van der Waals surface area contributed by atoms with Crippen molar-refractivity contribution in [3.8, 4) is 5.75 Å². The average Bonchev–Trinajstić information content (AvgIpc) is 2.54. The Morgan fingerprint density at radius 1 is 1.24 bits per heavy atom. The molecule has 5 nitrogen and oxygen atoms in total. The Kier molecular flexibility index (Phi) is 8.19. The molecular weight excluding hydrogens is 360 g/mol. The van der Waals surface area contributed by atoms with Gasteiger partial charge >= 0.3 is 0 Å². The van der Waals surface area contributed by atoms with E-state index in [1.165, 1.54) is 0 Å². The normalized spacial score (nSPS) is 20.7. The van der Waals surface area contributed by atoms with E-state index in [2.05, 4.69) is 6.92 Å². The van der Waals surface area contributed by atoms with Gasteiger partial charge in [-0.1, -0.05) is 33.6 Å². The predicted octanol–water partition coefficient (Wildman–Crippen LogP) is 3.43. The molecule has 7 heteroatoms. The number of unbranched alkanes of at least 4 members (excludes halogenated alkanes) is 2. The molecule has 2 N–H and O–H groups in total. The smallest absolute Gasteiger partial charge is 0.243 e. The third-order valence-electron chi connectivity index (χ3n) is 4.76. The van der Waals surface area contributed by atoms with Gasteiger partial charge in [0.15, 0.2) is 0 Å². The fourth-order valence-electron chi connectivity index (χ4n) is 2.93. The van der Waals surface area contributed by atoms with Gasteiger partial charge in [0.1, 0.15) is 5.75 Å². The summed E-state index contributed by atoms with van der Waals surface area (Å²) >= 11 is 0. The first-order chi connectivity index (χ1) is 11.3. The largest absolute Gasteiger partial charge is 0.494 e. The minimum Gasteiger partial charge on any atom is -0.494 e. The molecule has 1 aromatic rings. The Morgan fingerprint density at radius 2 is 1.88 bits per heavy atom. The second kappa shape index (κ2) is 9.21. The number of nitrogens with two attached hydrogens (primary N) is 1. The van der Waals surface area contributed by atoms with Gasteiger partial charge in [-0.05, 0) is 42.5 Å². The third kappa shape index (κ3) is 5.58. The highest BCUT2D eigenvalue weighted by atomic mass is 35.5. The molecule has 25 heavy (non-hydrogen) atoms. The van der Waals surface area contributed by atoms with E-state index in [0.29, 0.717) is 36.8 Å². The fourth-order valence-corrected chi connectivity index (χ4v) is 4.56. The molecule has 1 atom stereocenters. The summed E-state index contributed by atoms with van der Waals surface area (Å²) in [6.07, 6.45) is 3.99. The number of hydrogen-bond acceptors (Lipinski definition) is 4. The number of halogens is 1. The lowest BCUT2D eigenvalue weighted by atomic mass is 9.81. The molecule has 1 saturated heterocycles. The van der Waals surface area contributed by atoms with Crippen LogP contribution in [0.2, 0.25) is 0 Å². The van der Waals surface area contributed by atoms with Gasteiger partial charge in [-0.3, -0.25) is 0 Å². The Bertz CT molecular complexity index is 632. The zero-order valence-corrected chi connectivity index (χ0v) is 17.0. The molecule has 1 aromatic carbocycles. The number of ether oxygens (including phenoxy) is 1. The Balaban J connectivity index is 0.00000312. The molecule has 1 aliphatic heterocycles. The lowest BCUT2D eigenvalue weighted by Gasteiger charge is -2.41. The van der Waals surface area contributed by atoms with Gasteiger partial charge in [0, 0.05) is 19.1 Å². The van der Waals surface area contributed by atoms with E-state index in [1.807, 2.05) is 13.8 Å². The van der Waals surface area contributed by atoms with Crippen molar-refractivity contribution in [3.05, 3.63) is 24.3 Å². The molecule has 1 fully saturated rings. The molecule has 0 amide bonds. The van der Waals surface area contributed by atoms with Crippen molar-refractivity contribution in [3.63, 3.8) is 0 Å². The summed E-state index contributed by atoms with van der Waals surface area (Å²) in [5.74, 6) is 0.714. The lowest BCUT2D eigenvalue weighted by Crippen LogP contribution is -2.53. The fraction of sp³-hybridized carbons (Fsp3) is 0.667. The summed E-state index contributed by atoms with van der Waals surface area (Å²) in [6, 6.07) is 6.76. The molecule has 1 heterocycles. The topological polar surface area (TPSA) is 72.6 Å². The number of benzene rings is 1. The van der Waals surface area contributed by atoms with Gasteiger partial charge in [0.25, 0.3) is 0 Å². The van der Waals surface area contributed by atoms with Crippen LogP contribution in [0.5, 0.6) is 5.75 Å². The highest BCUT2D eigenvalue weighted by molar-refractivity contribution is 7.89. The van der Waals surface area contributed by atoms with Crippen molar-refractivity contribution in [2.45, 2.75) is 57.4 Å². The number of nitrogens with zero attached hydrogens (tertiary/aromatic N) is 1. The van der Waals surface area contributed by atoms with Gasteiger partial charge in [-0.2, -0.15) is 4.31 Å². The van der Waals surface area contributed by atoms with Crippen LogP contribution in [0.1, 0.15) is 46.5 Å². The minimum absolute atomic E-state index is 0. The molecule has 0 bridgehead atoms. The first kappa shape index (κ1) is 22.2. The van der Waals surface area contributed by atoms with E-state index in [0.717, 1.165) is 19.3 Å². The van der Waals surface area contributed by atoms with Crippen LogP contribution in [0.3, 0.4) is 0 Å². The van der Waals surface area contributed by atoms with E-state index in [4.69, 9.17) is 10.5 Å². The van der Waals surface area contributed by atoms with Gasteiger partial charge < -0.3 is 10.5 Å². The van der Waals surface area contributed by atoms with E-state index in [-0.39, 0.29) is 23.9 Å². The summed E-state index contributed by atoms with van der Waals surface area (Å²) in [5.41, 5.74) is 5.89. The summed E-state index contributed by atoms with van der Waals surface area (Å²) in [7, 11) is -3.48. The van der Waals surface area contributed by atoms with Crippen LogP contribution in [-0.2, 0) is 10.0 Å². The standard InChI is InChI=1S/C18H30N2O3S.ClH/c1-4-5-6-13-23-15-7-9-16(10-8-15)24(21,22)20-12-11-17(19)18(2,3)14-20;/h7-10,17H,4-6,11-14,19H2,1-3H3;1H. The number of piperidine rings is 1. The summed E-state index contributed by atoms with van der Waals surface area (Å²) in [4.78, 5) is 0.315. The first-order valence-electron chi connectivity index (χ1n) is 8.76. The summed E-state index contributed by atoms with van der Waals surface area (Å²) in [5, 5.41) is 0. The van der Waals surface area contributed by atoms with Crippen LogP contribution < -0.4 is 10.5 Å². The van der Waals surface area contributed by atoms with Gasteiger partial charge in [0.05, 0.1) is 11.5 Å². The number of rotatable bonds is 7. The van der Waals surface area contributed by atoms with E-state index in [9.17, 15) is 8.42 Å². The molecule has 0 aromatic heterocycles. The maximum absolute atomic E-state index is 12.8. The zero-order valence-electron chi connectivity index (χ0n) is 15.4. The highest BCUT2D eigenvalue weighted by Crippen LogP contribution is 2.31. The van der Waals surface area contributed by atoms with E-state index < -0.39 is 10.0 Å². The third-order valence-corrected chi connectivity index (χ3v) is 6.61. The number of hydrogen-bond donors (Lipinski definition) is 1. The second-order valence-corrected chi connectivity index (χ2v) is 9.19. The van der Waals surface area contributed by atoms with E-state index >= 15 is 0 Å². The molecule has 0 aliphatic carbocycles. The van der Waals surface area contributed by atoms with Crippen molar-refractivity contribution < 1.29 is 13.2 Å². The Morgan fingerprint density at radius 3 is 2.44 bits per heavy atom. The molecular formula is C18H31ClN2O3S. The van der Waals surface area contributed by atoms with Crippen molar-refractivity contribution in [1.29, 1.82) is 0 Å². The van der Waals surface area contributed by atoms with Crippen LogP contribution >= 0.6 is 12.4 Å². The summed E-state index contributed by atoms with van der Waals surface area (Å²) < 4.78 is 32.9. The maximum Gasteiger partial charge on any atom is 0.243 e. The molecule has 2 rings (SSSR count). The second-order valence-electron chi connectivity index (χ2n) is 7.25. The van der Waals surface area contributed by atoms with Crippen molar-refractivity contribution in [1.82, 2.24) is 4.31 Å². The van der Waals surface area contributed by atoms with Crippen LogP contribution in [-0.4, -0.2) is 38.5 Å². The maximum atomic E-state index is 12.8. The quantitative estimate of drug-likeness (QED) is 0.724. The van der Waals surface area contributed by atoms with Crippen LogP contribution in [0.4, 0.5) is 0 Å². The van der Waals surface area contributed by atoms with Crippen molar-refractivity contribution >= 4 is 22.4 Å². The molecule has 144 valence electrons. The Labute approximate surface area is 158 Å². The number of sulfonamides is 1. The highest BCUT2D eigenvalue weighted by Gasteiger charge is 2.38. The van der Waals surface area contributed by atoms with Crippen LogP contribution in [0.25, 0.3) is 0 Å². The monoisotopic (exact) mass is 390 g/mol. The molecule has 0 saturated carbocycles. The molecule has 1 unspecified atom stereocenters. The lowest BCUT2D eigenvalue weighted by molar-refractivity contribution is 0.155. The zero-order chi connectivity index (χ0) is 17.8. The van der Waals surface area contributed by atoms with E-state index in [1.54, 1.807) is 28.6 Å². The molecule has 1 aliphatic rings. The van der Waals surface area contributed by atoms with Gasteiger partial charge in [-0.15, -0.1) is 12.4 Å². The average molecular weight is 391 g/mol. The predicted molar refractivity (Wildman–Crippen MR) is 104 cm³/mol. The first-order valence-corrected chi connectivity index (χ1v) is 10.2. The summed E-state index contributed by atoms with van der Waals surface area (Å²) in [6.45, 7) is 7.78. The van der Waals surface area contributed by atoms with Crippen molar-refractivity contribution in [2.24, 2.45) is 11.1 Å².